The van der Waals surface area contributed by atoms with Crippen LogP contribution >= 0.6 is 69.6 Å². The molecule has 0 spiro atoms. The molecule has 12 N–H and O–H groups in total. The van der Waals surface area contributed by atoms with E-state index in [1.807, 2.05) is 151 Å². The number of hydrogen-bond acceptors (Lipinski definition) is 22. The van der Waals surface area contributed by atoms with Gasteiger partial charge in [-0.2, -0.15) is 57.4 Å². The first-order valence-corrected chi connectivity index (χ1v) is 44.7. The topological polar surface area (TPSA) is 391 Å². The van der Waals surface area contributed by atoms with Gasteiger partial charge in [0.1, 0.15) is 78.3 Å². The fraction of sp³-hybridized carbons (Fsp3) is 0.292. The van der Waals surface area contributed by atoms with Gasteiger partial charge < -0.3 is 54.0 Å². The van der Waals surface area contributed by atoms with Gasteiger partial charge in [0.2, 0.25) is 47.4 Å². The lowest BCUT2D eigenvalue weighted by molar-refractivity contribution is -0.123. The summed E-state index contributed by atoms with van der Waals surface area (Å²) in [5.74, 6) is 1.54. The van der Waals surface area contributed by atoms with Crippen LogP contribution in [0, 0.1) is 47.7 Å². The number of benzene rings is 6. The fourth-order valence-corrected chi connectivity index (χ4v) is 13.3. The normalized spacial score (nSPS) is 11.5. The molecule has 0 aliphatic carbocycles. The predicted octanol–water partition coefficient (Wildman–Crippen LogP) is 19.5. The average molecular weight is 1990 g/mol. The third-order valence-corrected chi connectivity index (χ3v) is 20.4. The molecule has 1 unspecified atom stereocenters. The zero-order valence-electron chi connectivity index (χ0n) is 74.5. The van der Waals surface area contributed by atoms with Gasteiger partial charge >= 0.3 is 12.2 Å². The minimum absolute atomic E-state index is 0. The van der Waals surface area contributed by atoms with E-state index in [9.17, 15) is 36.7 Å². The van der Waals surface area contributed by atoms with Crippen molar-refractivity contribution in [2.24, 2.45) is 35.1 Å². The van der Waals surface area contributed by atoms with Crippen LogP contribution in [0.15, 0.2) is 245 Å². The van der Waals surface area contributed by atoms with E-state index in [4.69, 9.17) is 81.1 Å². The van der Waals surface area contributed by atoms with Crippen LogP contribution in [0.25, 0.3) is 23.3 Å². The predicted molar refractivity (Wildman–Crippen MR) is 531 cm³/mol. The number of carbonyl (C=O) groups excluding carboxylic acids is 4. The number of aromatic nitrogens is 16. The Labute approximate surface area is 820 Å². The third kappa shape index (κ3) is 39.5. The van der Waals surface area contributed by atoms with Crippen LogP contribution in [0.2, 0.25) is 30.1 Å². The Morgan fingerprint density at radius 1 is 0.346 bits per heavy atom. The number of anilines is 4. The Kier molecular flexibility index (Phi) is 46.1. The largest absolute Gasteiger partial charge is 0.358 e. The van der Waals surface area contributed by atoms with Gasteiger partial charge in [-0.15, -0.1) is 0 Å². The van der Waals surface area contributed by atoms with Gasteiger partial charge in [-0.05, 0) is 156 Å². The van der Waals surface area contributed by atoms with Gasteiger partial charge in [-0.1, -0.05) is 213 Å². The SMILES string of the molecule is C.C.CC(C)CC(N)C(=O)NCc1ccc(Cl)cc1.CC(C)C[C@@H](Nc1cc(-n2ccnc2)nc(F)n1)C(=O)NCc1ccc(Cl)cc1.CC(C)C[C@@H](Nc1cc(-n2ccnc2)nc(NCc2cccc(Cl)c2)n1)C(=O)NCc1ccc(Cl)cc1.CC(C)C[C@@H](Nc1nc(F)cc(-n2ccnc2)n1)C(=O)NCc1ccc(Cl)cc1.Fc1cc(-n2ccnc2)nc(F)n1.NCc1cccc(Cl)c1.[2HH]. The Bertz CT molecular complexity index is 5760. The van der Waals surface area contributed by atoms with Crippen molar-refractivity contribution in [1.29, 1.82) is 0 Å². The summed E-state index contributed by atoms with van der Waals surface area (Å²) in [6.45, 7) is 19.0. The van der Waals surface area contributed by atoms with Crippen molar-refractivity contribution in [3.63, 3.8) is 0 Å². The van der Waals surface area contributed by atoms with E-state index in [1.165, 1.54) is 42.0 Å². The number of nitrogens with zero attached hydrogens (tertiary/aromatic N) is 16. The van der Waals surface area contributed by atoms with Gasteiger partial charge in [-0.3, -0.25) is 37.4 Å². The molecule has 6 aromatic carbocycles. The molecule has 40 heteroatoms. The van der Waals surface area contributed by atoms with Crippen LogP contribution in [0.4, 0.5) is 41.1 Å². The second-order valence-electron chi connectivity index (χ2n) is 31.8. The highest BCUT2D eigenvalue weighted by Gasteiger charge is 2.26. The summed E-state index contributed by atoms with van der Waals surface area (Å²) >= 11 is 35.3. The Morgan fingerprint density at radius 3 is 1.02 bits per heavy atom. The Morgan fingerprint density at radius 2 is 0.669 bits per heavy atom. The lowest BCUT2D eigenvalue weighted by Crippen LogP contribution is -2.40. The van der Waals surface area contributed by atoms with E-state index >= 15 is 0 Å². The number of hydrogen-bond donors (Lipinski definition) is 10. The zero-order valence-corrected chi connectivity index (χ0v) is 79.0. The average Bonchev–Trinajstić information content (AvgIpc) is 1.82. The van der Waals surface area contributed by atoms with Gasteiger partial charge in [0.25, 0.3) is 0 Å². The minimum atomic E-state index is -1.09. The van der Waals surface area contributed by atoms with Crippen LogP contribution < -0.4 is 54.0 Å². The van der Waals surface area contributed by atoms with Crippen LogP contribution in [-0.4, -0.2) is 126 Å². The number of imidazole rings is 4. The smallest absolute Gasteiger partial charge is 0.313 e. The highest BCUT2D eigenvalue weighted by atomic mass is 35.5. The summed E-state index contributed by atoms with van der Waals surface area (Å²) in [7, 11) is 0. The first kappa shape index (κ1) is 110. The summed E-state index contributed by atoms with van der Waals surface area (Å²) in [4.78, 5) is 97.2. The van der Waals surface area contributed by atoms with Crippen LogP contribution in [0.5, 0.6) is 0 Å². The monoisotopic (exact) mass is 1980 g/mol. The number of amides is 4. The highest BCUT2D eigenvalue weighted by molar-refractivity contribution is 6.32. The van der Waals surface area contributed by atoms with E-state index in [2.05, 4.69) is 116 Å². The minimum Gasteiger partial charge on any atom is -0.358 e. The van der Waals surface area contributed by atoms with E-state index in [0.717, 1.165) is 44.5 Å². The second-order valence-corrected chi connectivity index (χ2v) is 34.4. The molecule has 0 bridgehead atoms. The van der Waals surface area contributed by atoms with Gasteiger partial charge in [0.15, 0.2) is 0 Å². The zero-order chi connectivity index (χ0) is 96.6. The first-order valence-electron chi connectivity index (χ1n) is 42.4. The third-order valence-electron chi connectivity index (χ3n) is 18.9. The van der Waals surface area contributed by atoms with E-state index < -0.39 is 48.2 Å². The van der Waals surface area contributed by atoms with Crippen LogP contribution in [0.3, 0.4) is 0 Å². The summed E-state index contributed by atoms with van der Waals surface area (Å²) in [6.07, 6.45) is 19.4. The van der Waals surface area contributed by atoms with Crippen molar-refractivity contribution in [2.75, 3.05) is 21.3 Å². The molecule has 4 atom stereocenters. The van der Waals surface area contributed by atoms with Crippen LogP contribution in [-0.2, 0) is 58.4 Å². The van der Waals surface area contributed by atoms with Crippen molar-refractivity contribution < 1.29 is 38.2 Å². The molecule has 8 heterocycles. The van der Waals surface area contributed by atoms with Gasteiger partial charge in [0, 0.05) is 145 Å². The molecule has 0 aliphatic heterocycles. The first-order chi connectivity index (χ1) is 64.2. The maximum Gasteiger partial charge on any atom is 0.313 e. The molecular weight excluding hydrogens is 1870 g/mol. The molecule has 0 aliphatic rings. The summed E-state index contributed by atoms with van der Waals surface area (Å²) in [5, 5.41) is 28.3. The van der Waals surface area contributed by atoms with Gasteiger partial charge in [0.05, 0.1) is 6.04 Å². The van der Waals surface area contributed by atoms with E-state index in [1.54, 1.807) is 106 Å². The molecular formula is C96H114Cl6F4N26O4. The van der Waals surface area contributed by atoms with Crippen molar-refractivity contribution in [1.82, 2.24) is 99.3 Å². The molecule has 722 valence electrons. The number of carbonyl (C=O) groups is 4. The Balaban J connectivity index is 0.000000264. The Hall–Kier alpha value is -13.1. The summed E-state index contributed by atoms with van der Waals surface area (Å²) in [5.41, 5.74) is 17.0. The summed E-state index contributed by atoms with van der Waals surface area (Å²) in [6, 6.07) is 47.9. The maximum absolute atomic E-state index is 14.0. The lowest BCUT2D eigenvalue weighted by atomic mass is 10.0. The van der Waals surface area contributed by atoms with Crippen molar-refractivity contribution in [3.8, 4) is 23.3 Å². The molecule has 14 aromatic rings. The standard InChI is InChI=1S/C27H29Cl2N7O.2C20H22ClFN6O.C13H19ClN2O.C7H8ClN.C7H4F2N4.2CH4.H2/c1-18(2)12-23(26(37)31-15-19-6-8-21(28)9-7-19)33-24-14-25(36-11-10-30-17-36)35-27(34-24)32-16-20-4-3-5-22(29)13-20;1-13(2)9-16(19(29)24-11-14-3-5-15(21)6-4-14)25-17-10-18(27-20(22)26-17)28-8-7-23-12-28;1-13(2)9-16(19(29)24-11-14-3-5-15(21)6-4-14)25-20-26-17(22)10-18(27-20)28-8-7-23-12-28;1-9(2)7-12(15)13(17)16-8-10-3-5-11(14)6-4-10;8-7-3-1-2-6(4-7)5-9;8-5-3-6(12-7(9)11-5)13-2-1-10-4-13;;;/h3-11,13-14,17-18,23H,12,15-16H2,1-2H3,(H,31,37)(H2,32,33,34,35);2*3-8,10,12-13,16H,9,11H2,1-2H3,(H,24,29)(H,25,26,27);3-6,9,12H,7-8,15H2,1-2H3,(H,16,17);1-4H,5,9H2;1-4H;2*1H4;1H/t23-;2*16-;;;;;;/m111....../s1/i;;;;;;;;1+1. The van der Waals surface area contributed by atoms with Crippen LogP contribution in [0.1, 0.15) is 131 Å². The molecule has 0 saturated heterocycles. The van der Waals surface area contributed by atoms with Gasteiger partial charge in [-0.25, -0.2) is 19.9 Å². The molecule has 4 amide bonds. The fourth-order valence-electron chi connectivity index (χ4n) is 12.4. The molecule has 136 heavy (non-hydrogen) atoms. The quantitative estimate of drug-likeness (QED) is 0.0102. The van der Waals surface area contributed by atoms with E-state index in [0.29, 0.717) is 125 Å². The molecule has 14 rings (SSSR count). The van der Waals surface area contributed by atoms with Crippen molar-refractivity contribution in [2.45, 2.75) is 159 Å². The molecule has 0 saturated carbocycles. The molecule has 0 fully saturated rings. The van der Waals surface area contributed by atoms with Crippen molar-refractivity contribution in [3.05, 3.63) is 332 Å². The second kappa shape index (κ2) is 57.0. The molecule has 0 radical (unpaired) electrons. The molecule has 8 aromatic heterocycles. The number of rotatable bonds is 34. The number of nitrogens with two attached hydrogens (primary N) is 2. The van der Waals surface area contributed by atoms with E-state index in [-0.39, 0.29) is 75.2 Å². The lowest BCUT2D eigenvalue weighted by Gasteiger charge is -2.21. The summed E-state index contributed by atoms with van der Waals surface area (Å²) < 4.78 is 59.3. The maximum atomic E-state index is 14.0. The highest BCUT2D eigenvalue weighted by Crippen LogP contribution is 2.24. The number of nitrogens with one attached hydrogen (secondary N) is 8. The molecule has 30 nitrogen and oxygen atoms in total. The number of halogens is 10. The van der Waals surface area contributed by atoms with Crippen molar-refractivity contribution >= 4 is 117 Å².